The molecule has 0 atom stereocenters. The lowest BCUT2D eigenvalue weighted by molar-refractivity contribution is -0.119. The largest absolute Gasteiger partial charge is 0.494 e. The van der Waals surface area contributed by atoms with E-state index in [0.29, 0.717) is 18.1 Å². The molecule has 10 heteroatoms. The molecule has 0 fully saturated rings. The average molecular weight is 498 g/mol. The molecule has 0 bridgehead atoms. The SMILES string of the molecule is CCOc1ccc(/C=N\NC(=O)CN(c2ccc(OC)c(OC)c2)S(=O)(=O)c2ccccc2)cc1. The summed E-state index contributed by atoms with van der Waals surface area (Å²) >= 11 is 0. The molecule has 0 spiro atoms. The predicted octanol–water partition coefficient (Wildman–Crippen LogP) is 3.45. The van der Waals surface area contributed by atoms with Crippen LogP contribution in [0.25, 0.3) is 0 Å². The maximum absolute atomic E-state index is 13.4. The van der Waals surface area contributed by atoms with E-state index in [1.807, 2.05) is 6.92 Å². The van der Waals surface area contributed by atoms with Gasteiger partial charge in [-0.15, -0.1) is 0 Å². The summed E-state index contributed by atoms with van der Waals surface area (Å²) in [5, 5.41) is 3.95. The summed E-state index contributed by atoms with van der Waals surface area (Å²) in [6.07, 6.45) is 1.46. The fourth-order valence-electron chi connectivity index (χ4n) is 3.18. The fourth-order valence-corrected chi connectivity index (χ4v) is 4.61. The van der Waals surface area contributed by atoms with Gasteiger partial charge in [0.15, 0.2) is 11.5 Å². The second-order valence-corrected chi connectivity index (χ2v) is 9.02. The van der Waals surface area contributed by atoms with E-state index in [0.717, 1.165) is 15.6 Å². The van der Waals surface area contributed by atoms with Gasteiger partial charge in [0.25, 0.3) is 15.9 Å². The van der Waals surface area contributed by atoms with Gasteiger partial charge in [-0.3, -0.25) is 9.10 Å². The van der Waals surface area contributed by atoms with E-state index in [2.05, 4.69) is 10.5 Å². The smallest absolute Gasteiger partial charge is 0.264 e. The van der Waals surface area contributed by atoms with Crippen molar-refractivity contribution in [2.75, 3.05) is 31.7 Å². The first kappa shape index (κ1) is 25.6. The molecule has 0 unspecified atom stereocenters. The number of nitrogens with one attached hydrogen (secondary N) is 1. The van der Waals surface area contributed by atoms with Crippen molar-refractivity contribution in [1.29, 1.82) is 0 Å². The lowest BCUT2D eigenvalue weighted by Crippen LogP contribution is -2.39. The third kappa shape index (κ3) is 6.51. The molecule has 35 heavy (non-hydrogen) atoms. The van der Waals surface area contributed by atoms with Crippen LogP contribution in [-0.4, -0.2) is 47.9 Å². The molecule has 9 nitrogen and oxygen atoms in total. The van der Waals surface area contributed by atoms with E-state index in [-0.39, 0.29) is 10.6 Å². The zero-order valence-corrected chi connectivity index (χ0v) is 20.5. The van der Waals surface area contributed by atoms with E-state index >= 15 is 0 Å². The Kier molecular flexibility index (Phi) is 8.69. The minimum absolute atomic E-state index is 0.0421. The Balaban J connectivity index is 1.83. The summed E-state index contributed by atoms with van der Waals surface area (Å²) in [5.74, 6) is 0.858. The Hall–Kier alpha value is -4.05. The van der Waals surface area contributed by atoms with Crippen molar-refractivity contribution in [3.8, 4) is 17.2 Å². The number of nitrogens with zero attached hydrogens (tertiary/aromatic N) is 2. The Morgan fingerprint density at radius 1 is 0.971 bits per heavy atom. The zero-order chi connectivity index (χ0) is 25.3. The van der Waals surface area contributed by atoms with E-state index in [1.165, 1.54) is 44.7 Å². The molecule has 1 amide bonds. The van der Waals surface area contributed by atoms with Gasteiger partial charge in [0.1, 0.15) is 12.3 Å². The molecule has 0 aliphatic carbocycles. The van der Waals surface area contributed by atoms with Gasteiger partial charge in [0, 0.05) is 6.07 Å². The first-order valence-corrected chi connectivity index (χ1v) is 12.2. The van der Waals surface area contributed by atoms with E-state index in [1.54, 1.807) is 48.5 Å². The molecule has 0 saturated carbocycles. The van der Waals surface area contributed by atoms with E-state index in [9.17, 15) is 13.2 Å². The minimum Gasteiger partial charge on any atom is -0.494 e. The maximum Gasteiger partial charge on any atom is 0.264 e. The number of sulfonamides is 1. The molecule has 0 saturated heterocycles. The number of benzene rings is 3. The third-order valence-electron chi connectivity index (χ3n) is 4.87. The normalized spacial score (nSPS) is 11.2. The molecule has 3 aromatic carbocycles. The van der Waals surface area contributed by atoms with Crippen molar-refractivity contribution < 1.29 is 27.4 Å². The molecule has 0 aliphatic heterocycles. The van der Waals surface area contributed by atoms with Crippen LogP contribution in [0.1, 0.15) is 12.5 Å². The summed E-state index contributed by atoms with van der Waals surface area (Å²) in [4.78, 5) is 12.7. The summed E-state index contributed by atoms with van der Waals surface area (Å²) in [6.45, 7) is 1.95. The second-order valence-electron chi connectivity index (χ2n) is 7.16. The summed E-state index contributed by atoms with van der Waals surface area (Å²) in [5.41, 5.74) is 3.35. The highest BCUT2D eigenvalue weighted by Crippen LogP contribution is 2.33. The number of carbonyl (C=O) groups is 1. The van der Waals surface area contributed by atoms with Gasteiger partial charge in [-0.05, 0) is 61.0 Å². The Morgan fingerprint density at radius 3 is 2.29 bits per heavy atom. The average Bonchev–Trinajstić information content (AvgIpc) is 2.88. The topological polar surface area (TPSA) is 107 Å². The Morgan fingerprint density at radius 2 is 1.66 bits per heavy atom. The quantitative estimate of drug-likeness (QED) is 0.321. The van der Waals surface area contributed by atoms with Gasteiger partial charge in [-0.2, -0.15) is 5.10 Å². The number of anilines is 1. The number of amides is 1. The standard InChI is InChI=1S/C25H27N3O6S/c1-4-34-21-13-10-19(11-14-21)17-26-27-25(29)18-28(35(30,31)22-8-6-5-7-9-22)20-12-15-23(32-2)24(16-20)33-3/h5-17H,4,18H2,1-3H3,(H,27,29)/b26-17-. The summed E-state index contributed by atoms with van der Waals surface area (Å²) in [7, 11) is -1.15. The lowest BCUT2D eigenvalue weighted by atomic mass is 10.2. The number of hydrazone groups is 1. The van der Waals surface area contributed by atoms with Crippen LogP contribution in [0, 0.1) is 0 Å². The fraction of sp³-hybridized carbons (Fsp3) is 0.200. The van der Waals surface area contributed by atoms with Crippen LogP contribution >= 0.6 is 0 Å². The van der Waals surface area contributed by atoms with Crippen LogP contribution < -0.4 is 23.9 Å². The lowest BCUT2D eigenvalue weighted by Gasteiger charge is -2.24. The van der Waals surface area contributed by atoms with Gasteiger partial charge < -0.3 is 14.2 Å². The number of hydrogen-bond donors (Lipinski definition) is 1. The highest BCUT2D eigenvalue weighted by Gasteiger charge is 2.28. The molecule has 3 aromatic rings. The van der Waals surface area contributed by atoms with Crippen LogP contribution in [0.4, 0.5) is 5.69 Å². The van der Waals surface area contributed by atoms with Crippen molar-refractivity contribution >= 4 is 27.8 Å². The van der Waals surface area contributed by atoms with Crippen LogP contribution in [-0.2, 0) is 14.8 Å². The number of rotatable bonds is 11. The summed E-state index contributed by atoms with van der Waals surface area (Å²) in [6, 6.07) is 19.6. The van der Waals surface area contributed by atoms with Crippen molar-refractivity contribution in [1.82, 2.24) is 5.43 Å². The van der Waals surface area contributed by atoms with Gasteiger partial charge >= 0.3 is 0 Å². The highest BCUT2D eigenvalue weighted by atomic mass is 32.2. The Labute approximate surface area is 205 Å². The van der Waals surface area contributed by atoms with Gasteiger partial charge in [-0.25, -0.2) is 13.8 Å². The molecular formula is C25H27N3O6S. The number of methoxy groups -OCH3 is 2. The van der Waals surface area contributed by atoms with Crippen molar-refractivity contribution in [2.45, 2.75) is 11.8 Å². The first-order chi connectivity index (χ1) is 16.9. The highest BCUT2D eigenvalue weighted by molar-refractivity contribution is 7.92. The number of hydrogen-bond acceptors (Lipinski definition) is 7. The van der Waals surface area contributed by atoms with Crippen molar-refractivity contribution in [2.24, 2.45) is 5.10 Å². The van der Waals surface area contributed by atoms with Crippen LogP contribution in [0.5, 0.6) is 17.2 Å². The van der Waals surface area contributed by atoms with Crippen LogP contribution in [0.15, 0.2) is 82.8 Å². The second kappa shape index (κ2) is 11.9. The van der Waals surface area contributed by atoms with Gasteiger partial charge in [-0.1, -0.05) is 18.2 Å². The first-order valence-electron chi connectivity index (χ1n) is 10.7. The third-order valence-corrected chi connectivity index (χ3v) is 6.66. The van der Waals surface area contributed by atoms with E-state index in [4.69, 9.17) is 14.2 Å². The van der Waals surface area contributed by atoms with Crippen LogP contribution in [0.3, 0.4) is 0 Å². The molecule has 184 valence electrons. The number of carbonyl (C=O) groups excluding carboxylic acids is 1. The minimum atomic E-state index is -4.07. The maximum atomic E-state index is 13.4. The molecular weight excluding hydrogens is 470 g/mol. The molecule has 3 rings (SSSR count). The predicted molar refractivity (Wildman–Crippen MR) is 134 cm³/mol. The zero-order valence-electron chi connectivity index (χ0n) is 19.7. The van der Waals surface area contributed by atoms with Crippen molar-refractivity contribution in [3.63, 3.8) is 0 Å². The molecule has 0 radical (unpaired) electrons. The molecule has 0 aromatic heterocycles. The molecule has 0 heterocycles. The monoisotopic (exact) mass is 497 g/mol. The van der Waals surface area contributed by atoms with Gasteiger partial charge in [0.05, 0.1) is 37.6 Å². The molecule has 1 N–H and O–H groups in total. The molecule has 0 aliphatic rings. The van der Waals surface area contributed by atoms with Crippen LogP contribution in [0.2, 0.25) is 0 Å². The van der Waals surface area contributed by atoms with Gasteiger partial charge in [0.2, 0.25) is 0 Å². The summed E-state index contributed by atoms with van der Waals surface area (Å²) < 4.78 is 43.8. The van der Waals surface area contributed by atoms with E-state index < -0.39 is 22.5 Å². The number of ether oxygens (including phenoxy) is 3. The van der Waals surface area contributed by atoms with Crippen molar-refractivity contribution in [3.05, 3.63) is 78.4 Å². The Bertz CT molecular complexity index is 1260.